The smallest absolute Gasteiger partial charge is 0.271 e. The zero-order valence-corrected chi connectivity index (χ0v) is 26.2. The summed E-state index contributed by atoms with van der Waals surface area (Å²) in [4.78, 5) is 45.8. The molecular formula is C32H47N9O2. The Labute approximate surface area is 255 Å². The van der Waals surface area contributed by atoms with Gasteiger partial charge in [-0.15, -0.1) is 0 Å². The van der Waals surface area contributed by atoms with E-state index in [1.807, 2.05) is 24.8 Å². The van der Waals surface area contributed by atoms with Crippen LogP contribution >= 0.6 is 0 Å². The molecular weight excluding hydrogens is 542 g/mol. The molecule has 0 bridgehead atoms. The van der Waals surface area contributed by atoms with Crippen molar-refractivity contribution in [3.8, 4) is 0 Å². The summed E-state index contributed by atoms with van der Waals surface area (Å²) in [5.41, 5.74) is 9.84. The Morgan fingerprint density at radius 3 is 2.37 bits per heavy atom. The molecule has 5 rings (SSSR count). The standard InChI is InChI=1S/C32H47N9O2/c1-6-26-32(40-18-19-41(23(4)21-40)28(42)7-2)36-31(29(35-26)30(33)43)34-24-8-9-27(22(3)20-24)39-12-10-25(11-13-39)38-16-14-37(5)15-17-38/h7-9,20,23,25H,2,6,10-19,21H2,1,3-5H3,(H2,33,43)(H,34,36)/t23-/m0/s1. The molecule has 3 N–H and O–H groups in total. The first kappa shape index (κ1) is 30.7. The van der Waals surface area contributed by atoms with Crippen LogP contribution in [-0.2, 0) is 11.2 Å². The van der Waals surface area contributed by atoms with Crippen molar-refractivity contribution in [2.24, 2.45) is 5.73 Å². The van der Waals surface area contributed by atoms with Crippen molar-refractivity contribution in [2.45, 2.75) is 52.1 Å². The molecule has 0 aliphatic carbocycles. The summed E-state index contributed by atoms with van der Waals surface area (Å²) in [7, 11) is 2.21. The largest absolute Gasteiger partial charge is 0.371 e. The monoisotopic (exact) mass is 589 g/mol. The molecule has 0 radical (unpaired) electrons. The number of aryl methyl sites for hydroxylation is 2. The van der Waals surface area contributed by atoms with Gasteiger partial charge in [-0.25, -0.2) is 9.97 Å². The number of primary amides is 1. The molecule has 3 saturated heterocycles. The zero-order chi connectivity index (χ0) is 30.7. The van der Waals surface area contributed by atoms with E-state index in [4.69, 9.17) is 10.7 Å². The second kappa shape index (κ2) is 13.3. The number of nitrogens with zero attached hydrogens (tertiary/aromatic N) is 7. The number of nitrogens with one attached hydrogen (secondary N) is 1. The number of carbonyl (C=O) groups excluding carboxylic acids is 2. The van der Waals surface area contributed by atoms with Crippen molar-refractivity contribution < 1.29 is 9.59 Å². The van der Waals surface area contributed by atoms with E-state index in [0.29, 0.717) is 49.4 Å². The SMILES string of the molecule is C=CC(=O)N1CCN(c2nc(Nc3ccc(N4CCC(N5CCN(C)CC5)CC4)c(C)c3)c(C(N)=O)nc2CC)C[C@@H]1C. The summed E-state index contributed by atoms with van der Waals surface area (Å²) >= 11 is 0. The molecule has 2 amide bonds. The summed E-state index contributed by atoms with van der Waals surface area (Å²) in [6.45, 7) is 18.3. The predicted molar refractivity (Wildman–Crippen MR) is 172 cm³/mol. The summed E-state index contributed by atoms with van der Waals surface area (Å²) in [5.74, 6) is 0.363. The molecule has 1 aromatic heterocycles. The summed E-state index contributed by atoms with van der Waals surface area (Å²) in [5, 5.41) is 3.35. The number of rotatable bonds is 8. The predicted octanol–water partition coefficient (Wildman–Crippen LogP) is 2.63. The van der Waals surface area contributed by atoms with Gasteiger partial charge in [0.2, 0.25) is 5.91 Å². The Balaban J connectivity index is 1.31. The highest BCUT2D eigenvalue weighted by Crippen LogP contribution is 2.31. The minimum absolute atomic E-state index is 0.0141. The van der Waals surface area contributed by atoms with E-state index in [2.05, 4.69) is 62.6 Å². The average molecular weight is 590 g/mol. The number of piperidine rings is 1. The van der Waals surface area contributed by atoms with Gasteiger partial charge in [0.25, 0.3) is 5.91 Å². The first-order valence-electron chi connectivity index (χ1n) is 15.6. The molecule has 0 unspecified atom stereocenters. The molecule has 2 aromatic rings. The van der Waals surface area contributed by atoms with Crippen LogP contribution in [0.25, 0.3) is 0 Å². The van der Waals surface area contributed by atoms with E-state index in [0.717, 1.165) is 31.9 Å². The van der Waals surface area contributed by atoms with E-state index in [-0.39, 0.29) is 17.6 Å². The van der Waals surface area contributed by atoms with E-state index in [9.17, 15) is 9.59 Å². The minimum atomic E-state index is -0.623. The highest BCUT2D eigenvalue weighted by atomic mass is 16.2. The Hall–Kier alpha value is -3.70. The van der Waals surface area contributed by atoms with Crippen LogP contribution in [0.5, 0.6) is 0 Å². The van der Waals surface area contributed by atoms with Crippen LogP contribution < -0.4 is 20.9 Å². The van der Waals surface area contributed by atoms with Gasteiger partial charge in [-0.3, -0.25) is 14.5 Å². The number of aromatic nitrogens is 2. The quantitative estimate of drug-likeness (QED) is 0.449. The third kappa shape index (κ3) is 6.78. The maximum Gasteiger partial charge on any atom is 0.271 e. The van der Waals surface area contributed by atoms with Gasteiger partial charge in [0.1, 0.15) is 0 Å². The van der Waals surface area contributed by atoms with E-state index < -0.39 is 5.91 Å². The van der Waals surface area contributed by atoms with Gasteiger partial charge >= 0.3 is 0 Å². The lowest BCUT2D eigenvalue weighted by atomic mass is 10.0. The van der Waals surface area contributed by atoms with Crippen molar-refractivity contribution in [2.75, 3.05) is 81.1 Å². The maximum atomic E-state index is 12.5. The average Bonchev–Trinajstić information content (AvgIpc) is 3.01. The lowest BCUT2D eigenvalue weighted by molar-refractivity contribution is -0.128. The number of hydrogen-bond donors (Lipinski definition) is 2. The lowest BCUT2D eigenvalue weighted by Gasteiger charge is -2.43. The number of hydrogen-bond acceptors (Lipinski definition) is 9. The molecule has 11 heteroatoms. The molecule has 3 fully saturated rings. The second-order valence-electron chi connectivity index (χ2n) is 12.1. The fraction of sp³-hybridized carbons (Fsp3) is 0.562. The molecule has 11 nitrogen and oxygen atoms in total. The Kier molecular flexibility index (Phi) is 9.51. The highest BCUT2D eigenvalue weighted by Gasteiger charge is 2.30. The van der Waals surface area contributed by atoms with Crippen LogP contribution in [0, 0.1) is 6.92 Å². The third-order valence-corrected chi connectivity index (χ3v) is 9.22. The molecule has 4 heterocycles. The van der Waals surface area contributed by atoms with E-state index in [1.165, 1.54) is 43.3 Å². The zero-order valence-electron chi connectivity index (χ0n) is 26.2. The molecule has 0 spiro atoms. The van der Waals surface area contributed by atoms with Gasteiger partial charge in [0.05, 0.1) is 5.69 Å². The molecule has 0 saturated carbocycles. The lowest BCUT2D eigenvalue weighted by Crippen LogP contribution is -2.54. The van der Waals surface area contributed by atoms with Crippen molar-refractivity contribution in [3.63, 3.8) is 0 Å². The molecule has 43 heavy (non-hydrogen) atoms. The number of carbonyl (C=O) groups is 2. The molecule has 1 atom stereocenters. The number of likely N-dealkylation sites (N-methyl/N-ethyl adjacent to an activating group) is 1. The molecule has 1 aromatic carbocycles. The van der Waals surface area contributed by atoms with Gasteiger partial charge in [0.15, 0.2) is 17.3 Å². The first-order valence-corrected chi connectivity index (χ1v) is 15.6. The summed E-state index contributed by atoms with van der Waals surface area (Å²) in [6, 6.07) is 6.95. The normalized spacial score (nSPS) is 20.7. The van der Waals surface area contributed by atoms with Gasteiger partial charge in [0, 0.05) is 82.4 Å². The van der Waals surface area contributed by atoms with Crippen molar-refractivity contribution in [1.82, 2.24) is 24.7 Å². The molecule has 3 aliphatic heterocycles. The summed E-state index contributed by atoms with van der Waals surface area (Å²) < 4.78 is 0. The Morgan fingerprint density at radius 1 is 1.05 bits per heavy atom. The van der Waals surface area contributed by atoms with Gasteiger partial charge in [-0.05, 0) is 70.0 Å². The van der Waals surface area contributed by atoms with Gasteiger partial charge in [-0.1, -0.05) is 13.5 Å². The topological polar surface area (TPSA) is 114 Å². The van der Waals surface area contributed by atoms with Crippen molar-refractivity contribution >= 4 is 34.8 Å². The van der Waals surface area contributed by atoms with Crippen LogP contribution in [0.2, 0.25) is 0 Å². The minimum Gasteiger partial charge on any atom is -0.371 e. The van der Waals surface area contributed by atoms with Gasteiger partial charge < -0.3 is 30.7 Å². The first-order chi connectivity index (χ1) is 20.7. The van der Waals surface area contributed by atoms with Crippen molar-refractivity contribution in [1.29, 1.82) is 0 Å². The van der Waals surface area contributed by atoms with Crippen molar-refractivity contribution in [3.05, 3.63) is 47.8 Å². The molecule has 232 valence electrons. The number of benzene rings is 1. The fourth-order valence-electron chi connectivity index (χ4n) is 6.69. The number of nitrogens with two attached hydrogens (primary N) is 1. The fourth-order valence-corrected chi connectivity index (χ4v) is 6.69. The van der Waals surface area contributed by atoms with Crippen LogP contribution in [0.3, 0.4) is 0 Å². The van der Waals surface area contributed by atoms with E-state index in [1.54, 1.807) is 0 Å². The number of anilines is 4. The van der Waals surface area contributed by atoms with Crippen LogP contribution in [0.4, 0.5) is 23.0 Å². The Morgan fingerprint density at radius 2 is 1.77 bits per heavy atom. The van der Waals surface area contributed by atoms with Crippen LogP contribution in [0.1, 0.15) is 48.4 Å². The number of amides is 2. The summed E-state index contributed by atoms with van der Waals surface area (Å²) in [6.07, 6.45) is 4.32. The third-order valence-electron chi connectivity index (χ3n) is 9.22. The number of piperazine rings is 2. The highest BCUT2D eigenvalue weighted by molar-refractivity contribution is 5.96. The Bertz CT molecular complexity index is 1330. The maximum absolute atomic E-state index is 12.5. The second-order valence-corrected chi connectivity index (χ2v) is 12.1. The van der Waals surface area contributed by atoms with E-state index >= 15 is 0 Å². The van der Waals surface area contributed by atoms with Gasteiger partial charge in [-0.2, -0.15) is 0 Å². The van der Waals surface area contributed by atoms with Crippen LogP contribution in [-0.4, -0.2) is 115 Å². The van der Waals surface area contributed by atoms with Crippen LogP contribution in [0.15, 0.2) is 30.9 Å². The molecule has 3 aliphatic rings.